The molecule has 0 radical (unpaired) electrons. The van der Waals surface area contributed by atoms with E-state index in [1.807, 2.05) is 24.3 Å². The van der Waals surface area contributed by atoms with Gasteiger partial charge >= 0.3 is 6.03 Å². The number of anilines is 1. The number of likely N-dealkylation sites (N-methyl/N-ethyl adjacent to an activating group) is 1. The molecule has 6 nitrogen and oxygen atoms in total. The van der Waals surface area contributed by atoms with Gasteiger partial charge in [0, 0.05) is 19.3 Å². The number of likely N-dealkylation sites (tertiary alicyclic amines) is 1. The highest BCUT2D eigenvalue weighted by Gasteiger charge is 2.41. The van der Waals surface area contributed by atoms with Crippen molar-refractivity contribution in [1.29, 1.82) is 0 Å². The number of hydrogen-bond donors (Lipinski definition) is 1. The molecule has 2 heterocycles. The van der Waals surface area contributed by atoms with Crippen molar-refractivity contribution in [2.24, 2.45) is 0 Å². The van der Waals surface area contributed by atoms with E-state index in [0.29, 0.717) is 26.1 Å². The monoisotopic (exact) mass is 317 g/mol. The molecule has 0 aliphatic carbocycles. The second-order valence-electron chi connectivity index (χ2n) is 6.08. The summed E-state index contributed by atoms with van der Waals surface area (Å²) in [6, 6.07) is 7.62. The van der Waals surface area contributed by atoms with E-state index < -0.39 is 0 Å². The molecule has 3 rings (SSSR count). The highest BCUT2D eigenvalue weighted by atomic mass is 16.5. The van der Waals surface area contributed by atoms with E-state index in [1.54, 1.807) is 16.8 Å². The summed E-state index contributed by atoms with van der Waals surface area (Å²) in [5.74, 6) is 0.0797. The third-order valence-electron chi connectivity index (χ3n) is 4.70. The maximum atomic E-state index is 12.6. The van der Waals surface area contributed by atoms with Gasteiger partial charge in [-0.3, -0.25) is 4.79 Å². The molecular weight excluding hydrogens is 294 g/mol. The standard InChI is InChI=1S/C17H23N3O3/c1-3-12-6-4-5-7-13(12)18-17(22)20-10-14-15(11-20)23-9-8-16(21)19(14)2/h4-7,14-15H,3,8-11H2,1-2H3,(H,18,22)/t14-,15-/m0/s1. The number of carbonyl (C=O) groups excluding carboxylic acids is 2. The minimum absolute atomic E-state index is 0.0582. The SMILES string of the molecule is CCc1ccccc1NC(=O)N1C[C@@H]2OCCC(=O)N(C)[C@H]2C1. The Morgan fingerprint density at radius 2 is 2.13 bits per heavy atom. The predicted octanol–water partition coefficient (Wildman–Crippen LogP) is 1.71. The van der Waals surface area contributed by atoms with E-state index in [-0.39, 0.29) is 24.1 Å². The van der Waals surface area contributed by atoms with Crippen molar-refractivity contribution >= 4 is 17.6 Å². The van der Waals surface area contributed by atoms with Crippen molar-refractivity contribution in [2.75, 3.05) is 32.1 Å². The quantitative estimate of drug-likeness (QED) is 0.903. The summed E-state index contributed by atoms with van der Waals surface area (Å²) in [7, 11) is 1.79. The van der Waals surface area contributed by atoms with Gasteiger partial charge < -0.3 is 19.9 Å². The molecule has 1 aromatic rings. The first kappa shape index (κ1) is 15.8. The van der Waals surface area contributed by atoms with Crippen LogP contribution >= 0.6 is 0 Å². The van der Waals surface area contributed by atoms with Crippen LogP contribution in [0.15, 0.2) is 24.3 Å². The van der Waals surface area contributed by atoms with E-state index in [2.05, 4.69) is 12.2 Å². The van der Waals surface area contributed by atoms with Crippen molar-refractivity contribution in [3.05, 3.63) is 29.8 Å². The van der Waals surface area contributed by atoms with Crippen molar-refractivity contribution in [3.8, 4) is 0 Å². The summed E-state index contributed by atoms with van der Waals surface area (Å²) in [6.07, 6.45) is 1.18. The number of hydrogen-bond acceptors (Lipinski definition) is 3. The zero-order valence-electron chi connectivity index (χ0n) is 13.6. The first-order chi connectivity index (χ1) is 11.1. The largest absolute Gasteiger partial charge is 0.374 e. The number of ether oxygens (including phenoxy) is 1. The lowest BCUT2D eigenvalue weighted by atomic mass is 10.1. The molecule has 0 bridgehead atoms. The van der Waals surface area contributed by atoms with E-state index >= 15 is 0 Å². The average molecular weight is 317 g/mol. The van der Waals surface area contributed by atoms with E-state index in [4.69, 9.17) is 4.74 Å². The Kier molecular flexibility index (Phi) is 4.52. The van der Waals surface area contributed by atoms with Crippen LogP contribution in [-0.4, -0.2) is 60.6 Å². The maximum absolute atomic E-state index is 12.6. The van der Waals surface area contributed by atoms with E-state index in [1.165, 1.54) is 0 Å². The Balaban J connectivity index is 1.69. The molecule has 0 aromatic heterocycles. The second-order valence-corrected chi connectivity index (χ2v) is 6.08. The van der Waals surface area contributed by atoms with Crippen molar-refractivity contribution in [1.82, 2.24) is 9.80 Å². The number of fused-ring (bicyclic) bond motifs is 1. The van der Waals surface area contributed by atoms with Gasteiger partial charge in [-0.15, -0.1) is 0 Å². The molecule has 2 saturated heterocycles. The van der Waals surface area contributed by atoms with Crippen LogP contribution in [-0.2, 0) is 16.0 Å². The molecule has 6 heteroatoms. The lowest BCUT2D eigenvalue weighted by Crippen LogP contribution is -2.43. The molecule has 2 atom stereocenters. The Morgan fingerprint density at radius 1 is 1.35 bits per heavy atom. The van der Waals surface area contributed by atoms with Gasteiger partial charge in [-0.2, -0.15) is 0 Å². The van der Waals surface area contributed by atoms with E-state index in [0.717, 1.165) is 17.7 Å². The summed E-state index contributed by atoms with van der Waals surface area (Å²) < 4.78 is 5.76. The molecule has 1 N–H and O–H groups in total. The maximum Gasteiger partial charge on any atom is 0.322 e. The molecule has 3 amide bonds. The van der Waals surface area contributed by atoms with Gasteiger partial charge in [-0.25, -0.2) is 4.79 Å². The number of urea groups is 1. The van der Waals surface area contributed by atoms with Gasteiger partial charge in [0.25, 0.3) is 0 Å². The number of para-hydroxylation sites is 1. The van der Waals surface area contributed by atoms with Crippen LogP contribution in [0.3, 0.4) is 0 Å². The first-order valence-electron chi connectivity index (χ1n) is 8.11. The van der Waals surface area contributed by atoms with Crippen LogP contribution in [0.25, 0.3) is 0 Å². The van der Waals surface area contributed by atoms with Crippen LogP contribution in [0.1, 0.15) is 18.9 Å². The van der Waals surface area contributed by atoms with E-state index in [9.17, 15) is 9.59 Å². The zero-order valence-corrected chi connectivity index (χ0v) is 13.6. The number of benzene rings is 1. The van der Waals surface area contributed by atoms with Crippen LogP contribution < -0.4 is 5.32 Å². The zero-order chi connectivity index (χ0) is 16.4. The normalized spacial score (nSPS) is 24.3. The van der Waals surface area contributed by atoms with Gasteiger partial charge in [-0.05, 0) is 18.1 Å². The minimum Gasteiger partial charge on any atom is -0.374 e. The Labute approximate surface area is 136 Å². The third kappa shape index (κ3) is 3.17. The number of amides is 3. The van der Waals surface area contributed by atoms with Crippen LogP contribution in [0.5, 0.6) is 0 Å². The van der Waals surface area contributed by atoms with Crippen LogP contribution in [0.2, 0.25) is 0 Å². The fourth-order valence-corrected chi connectivity index (χ4v) is 3.26. The number of aryl methyl sites for hydroxylation is 1. The fraction of sp³-hybridized carbons (Fsp3) is 0.529. The molecule has 23 heavy (non-hydrogen) atoms. The molecule has 124 valence electrons. The number of carbonyl (C=O) groups is 2. The smallest absolute Gasteiger partial charge is 0.322 e. The minimum atomic E-state index is -0.136. The Bertz CT molecular complexity index is 605. The number of rotatable bonds is 2. The molecule has 0 spiro atoms. The lowest BCUT2D eigenvalue weighted by Gasteiger charge is -2.25. The predicted molar refractivity (Wildman–Crippen MR) is 87.3 cm³/mol. The first-order valence-corrected chi connectivity index (χ1v) is 8.11. The van der Waals surface area contributed by atoms with Gasteiger partial charge in [0.1, 0.15) is 0 Å². The second kappa shape index (κ2) is 6.58. The molecule has 0 saturated carbocycles. The van der Waals surface area contributed by atoms with Gasteiger partial charge in [-0.1, -0.05) is 25.1 Å². The van der Waals surface area contributed by atoms with Gasteiger partial charge in [0.15, 0.2) is 0 Å². The highest BCUT2D eigenvalue weighted by Crippen LogP contribution is 2.23. The summed E-state index contributed by atoms with van der Waals surface area (Å²) in [5.41, 5.74) is 1.95. The molecule has 0 unspecified atom stereocenters. The molecule has 1 aromatic carbocycles. The third-order valence-corrected chi connectivity index (χ3v) is 4.70. The number of nitrogens with one attached hydrogen (secondary N) is 1. The highest BCUT2D eigenvalue weighted by molar-refractivity contribution is 5.90. The molecular formula is C17H23N3O3. The summed E-state index contributed by atoms with van der Waals surface area (Å²) in [4.78, 5) is 28.0. The van der Waals surface area contributed by atoms with Crippen molar-refractivity contribution in [2.45, 2.75) is 31.9 Å². The van der Waals surface area contributed by atoms with Crippen LogP contribution in [0.4, 0.5) is 10.5 Å². The lowest BCUT2D eigenvalue weighted by molar-refractivity contribution is -0.130. The average Bonchev–Trinajstić information content (AvgIpc) is 2.93. The fourth-order valence-electron chi connectivity index (χ4n) is 3.26. The van der Waals surface area contributed by atoms with Crippen molar-refractivity contribution in [3.63, 3.8) is 0 Å². The Hall–Kier alpha value is -2.08. The molecule has 2 aliphatic heterocycles. The summed E-state index contributed by atoms with van der Waals surface area (Å²) in [5, 5.41) is 2.98. The molecule has 2 fully saturated rings. The topological polar surface area (TPSA) is 61.9 Å². The van der Waals surface area contributed by atoms with Crippen molar-refractivity contribution < 1.29 is 14.3 Å². The van der Waals surface area contributed by atoms with Crippen LogP contribution in [0, 0.1) is 0 Å². The van der Waals surface area contributed by atoms with Gasteiger partial charge in [0.05, 0.1) is 31.7 Å². The number of nitrogens with zero attached hydrogens (tertiary/aromatic N) is 2. The summed E-state index contributed by atoms with van der Waals surface area (Å²) >= 11 is 0. The molecule has 2 aliphatic rings. The summed E-state index contributed by atoms with van der Waals surface area (Å²) in [6.45, 7) is 3.52. The van der Waals surface area contributed by atoms with Gasteiger partial charge in [0.2, 0.25) is 5.91 Å². The Morgan fingerprint density at radius 3 is 2.91 bits per heavy atom.